The highest BCUT2D eigenvalue weighted by molar-refractivity contribution is 6.36. The van der Waals surface area contributed by atoms with E-state index in [0.29, 0.717) is 28.0 Å². The minimum absolute atomic E-state index is 0.233. The van der Waals surface area contributed by atoms with Gasteiger partial charge >= 0.3 is 0 Å². The molecule has 2 aromatic rings. The van der Waals surface area contributed by atoms with Crippen molar-refractivity contribution in [2.24, 2.45) is 0 Å². The second-order valence-corrected chi connectivity index (χ2v) is 5.37. The average molecular weight is 329 g/mol. The Kier molecular flexibility index (Phi) is 5.30. The predicted octanol–water partition coefficient (Wildman–Crippen LogP) is 4.66. The fourth-order valence-corrected chi connectivity index (χ4v) is 2.43. The largest absolute Gasteiger partial charge is 0.348 e. The summed E-state index contributed by atoms with van der Waals surface area (Å²) in [5.74, 6) is 0.216. The van der Waals surface area contributed by atoms with Crippen LogP contribution >= 0.6 is 34.8 Å². The topological polar surface area (TPSA) is 29.1 Å². The van der Waals surface area contributed by atoms with E-state index < -0.39 is 0 Å². The Hall–Kier alpha value is -1.22. The van der Waals surface area contributed by atoms with Crippen molar-refractivity contribution in [3.8, 4) is 0 Å². The minimum Gasteiger partial charge on any atom is -0.348 e. The van der Waals surface area contributed by atoms with Crippen molar-refractivity contribution in [2.45, 2.75) is 12.4 Å². The van der Waals surface area contributed by atoms with Crippen LogP contribution in [0.3, 0.4) is 0 Å². The van der Waals surface area contributed by atoms with Crippen molar-refractivity contribution in [2.75, 3.05) is 0 Å². The molecule has 0 aliphatic carbocycles. The summed E-state index contributed by atoms with van der Waals surface area (Å²) in [6, 6.07) is 12.5. The molecule has 2 nitrogen and oxygen atoms in total. The van der Waals surface area contributed by atoms with Crippen molar-refractivity contribution in [3.63, 3.8) is 0 Å². The van der Waals surface area contributed by atoms with Crippen LogP contribution < -0.4 is 5.32 Å². The zero-order valence-corrected chi connectivity index (χ0v) is 12.8. The first kappa shape index (κ1) is 15.2. The van der Waals surface area contributed by atoms with E-state index in [9.17, 15) is 4.79 Å². The molecule has 0 aliphatic rings. The molecule has 5 heteroatoms. The van der Waals surface area contributed by atoms with Gasteiger partial charge in [0.15, 0.2) is 0 Å². The predicted molar refractivity (Wildman–Crippen MR) is 83.6 cm³/mol. The van der Waals surface area contributed by atoms with Crippen molar-refractivity contribution in [1.82, 2.24) is 5.32 Å². The van der Waals surface area contributed by atoms with Crippen LogP contribution in [0.25, 0.3) is 0 Å². The van der Waals surface area contributed by atoms with Gasteiger partial charge in [-0.05, 0) is 29.3 Å². The Balaban J connectivity index is 2.04. The second-order valence-electron chi connectivity index (χ2n) is 4.26. The number of carbonyl (C=O) groups excluding carboxylic acids is 1. The van der Waals surface area contributed by atoms with E-state index >= 15 is 0 Å². The summed E-state index contributed by atoms with van der Waals surface area (Å²) in [4.78, 5) is 12.0. The number of amides is 1. The Labute approximate surface area is 132 Å². The van der Waals surface area contributed by atoms with Crippen LogP contribution in [0.15, 0.2) is 42.5 Å². The third kappa shape index (κ3) is 3.89. The normalized spacial score (nSPS) is 10.3. The molecule has 0 heterocycles. The number of benzene rings is 2. The van der Waals surface area contributed by atoms with E-state index in [-0.39, 0.29) is 5.91 Å². The molecule has 0 saturated carbocycles. The van der Waals surface area contributed by atoms with Gasteiger partial charge in [-0.3, -0.25) is 4.79 Å². The fourth-order valence-electron chi connectivity index (χ4n) is 1.77. The van der Waals surface area contributed by atoms with Gasteiger partial charge in [0.1, 0.15) is 0 Å². The van der Waals surface area contributed by atoms with Gasteiger partial charge in [-0.1, -0.05) is 47.5 Å². The van der Waals surface area contributed by atoms with Gasteiger partial charge in [-0.2, -0.15) is 0 Å². The van der Waals surface area contributed by atoms with Gasteiger partial charge in [0.2, 0.25) is 0 Å². The average Bonchev–Trinajstić information content (AvgIpc) is 2.45. The molecule has 1 amide bonds. The first-order valence-corrected chi connectivity index (χ1v) is 7.26. The van der Waals surface area contributed by atoms with Gasteiger partial charge in [0.25, 0.3) is 5.91 Å². The minimum atomic E-state index is -0.233. The zero-order valence-electron chi connectivity index (χ0n) is 10.5. The third-order valence-corrected chi connectivity index (χ3v) is 3.63. The van der Waals surface area contributed by atoms with Crippen LogP contribution in [0.4, 0.5) is 0 Å². The van der Waals surface area contributed by atoms with Crippen LogP contribution in [0.2, 0.25) is 10.0 Å². The van der Waals surface area contributed by atoms with E-state index in [0.717, 1.165) is 11.1 Å². The van der Waals surface area contributed by atoms with Crippen molar-refractivity contribution >= 4 is 40.7 Å². The second kappa shape index (κ2) is 6.98. The highest BCUT2D eigenvalue weighted by Crippen LogP contribution is 2.20. The molecule has 0 aromatic heterocycles. The lowest BCUT2D eigenvalue weighted by Crippen LogP contribution is -2.23. The molecule has 2 rings (SSSR count). The summed E-state index contributed by atoms with van der Waals surface area (Å²) in [5.41, 5.74) is 2.41. The van der Waals surface area contributed by atoms with Crippen molar-refractivity contribution in [1.29, 1.82) is 0 Å². The van der Waals surface area contributed by atoms with Crippen LogP contribution in [0.1, 0.15) is 21.5 Å². The van der Waals surface area contributed by atoms with Crippen LogP contribution in [0.5, 0.6) is 0 Å². The number of nitrogens with one attached hydrogen (secondary N) is 1. The highest BCUT2D eigenvalue weighted by Gasteiger charge is 2.10. The molecule has 0 atom stereocenters. The van der Waals surface area contributed by atoms with E-state index in [4.69, 9.17) is 34.8 Å². The summed E-state index contributed by atoms with van der Waals surface area (Å²) in [7, 11) is 0. The van der Waals surface area contributed by atoms with E-state index in [1.807, 2.05) is 24.3 Å². The Morgan fingerprint density at radius 3 is 2.50 bits per heavy atom. The molecule has 0 bridgehead atoms. The highest BCUT2D eigenvalue weighted by atomic mass is 35.5. The maximum absolute atomic E-state index is 12.0. The van der Waals surface area contributed by atoms with Crippen molar-refractivity contribution < 1.29 is 4.79 Å². The quantitative estimate of drug-likeness (QED) is 0.812. The van der Waals surface area contributed by atoms with Gasteiger partial charge in [-0.25, -0.2) is 0 Å². The first-order chi connectivity index (χ1) is 9.60. The number of rotatable bonds is 4. The molecule has 0 radical (unpaired) electrons. The van der Waals surface area contributed by atoms with E-state index in [1.54, 1.807) is 18.2 Å². The van der Waals surface area contributed by atoms with E-state index in [2.05, 4.69) is 5.32 Å². The molecule has 0 saturated heterocycles. The Morgan fingerprint density at radius 2 is 1.80 bits per heavy atom. The monoisotopic (exact) mass is 327 g/mol. The molecule has 0 aliphatic heterocycles. The maximum Gasteiger partial charge on any atom is 0.253 e. The van der Waals surface area contributed by atoms with Crippen LogP contribution in [-0.4, -0.2) is 5.91 Å². The number of carbonyl (C=O) groups is 1. The summed E-state index contributed by atoms with van der Waals surface area (Å²) in [5, 5.41) is 3.66. The lowest BCUT2D eigenvalue weighted by molar-refractivity contribution is 0.0951. The standard InChI is InChI=1S/C15H12Cl3NO/c16-8-10-2-1-3-11(6-10)9-19-15(20)13-5-4-12(17)7-14(13)18/h1-7H,8-9H2,(H,19,20). The molecule has 20 heavy (non-hydrogen) atoms. The molecule has 0 spiro atoms. The van der Waals surface area contributed by atoms with Crippen LogP contribution in [-0.2, 0) is 12.4 Å². The molecular weight excluding hydrogens is 317 g/mol. The maximum atomic E-state index is 12.0. The number of hydrogen-bond acceptors (Lipinski definition) is 1. The van der Waals surface area contributed by atoms with Gasteiger partial charge in [-0.15, -0.1) is 11.6 Å². The lowest BCUT2D eigenvalue weighted by Gasteiger charge is -2.08. The zero-order chi connectivity index (χ0) is 14.5. The number of alkyl halides is 1. The number of hydrogen-bond donors (Lipinski definition) is 1. The fraction of sp³-hybridized carbons (Fsp3) is 0.133. The summed E-state index contributed by atoms with van der Waals surface area (Å²) < 4.78 is 0. The molecule has 104 valence electrons. The molecule has 2 aromatic carbocycles. The summed E-state index contributed by atoms with van der Waals surface area (Å²) in [6.07, 6.45) is 0. The molecular formula is C15H12Cl3NO. The van der Waals surface area contributed by atoms with Crippen LogP contribution in [0, 0.1) is 0 Å². The first-order valence-electron chi connectivity index (χ1n) is 5.97. The lowest BCUT2D eigenvalue weighted by atomic mass is 10.1. The molecule has 0 fully saturated rings. The SMILES string of the molecule is O=C(NCc1cccc(CCl)c1)c1ccc(Cl)cc1Cl. The van der Waals surface area contributed by atoms with Gasteiger partial charge in [0, 0.05) is 17.4 Å². The summed E-state index contributed by atoms with van der Waals surface area (Å²) >= 11 is 17.6. The smallest absolute Gasteiger partial charge is 0.253 e. The Bertz CT molecular complexity index is 628. The van der Waals surface area contributed by atoms with Crippen molar-refractivity contribution in [3.05, 3.63) is 69.2 Å². The molecule has 0 unspecified atom stereocenters. The molecule has 1 N–H and O–H groups in total. The van der Waals surface area contributed by atoms with Gasteiger partial charge < -0.3 is 5.32 Å². The third-order valence-electron chi connectivity index (χ3n) is 2.77. The number of halogens is 3. The van der Waals surface area contributed by atoms with Gasteiger partial charge in [0.05, 0.1) is 10.6 Å². The summed E-state index contributed by atoms with van der Waals surface area (Å²) in [6.45, 7) is 0.419. The van der Waals surface area contributed by atoms with E-state index in [1.165, 1.54) is 0 Å². The Morgan fingerprint density at radius 1 is 1.05 bits per heavy atom.